The van der Waals surface area contributed by atoms with Crippen molar-refractivity contribution in [2.45, 2.75) is 20.0 Å². The van der Waals surface area contributed by atoms with E-state index in [-0.39, 0.29) is 18.3 Å². The van der Waals surface area contributed by atoms with Crippen LogP contribution < -0.4 is 0 Å². The Hall–Kier alpha value is -2.61. The van der Waals surface area contributed by atoms with E-state index in [1.165, 1.54) is 16.9 Å². The van der Waals surface area contributed by atoms with Crippen LogP contribution in [0.5, 0.6) is 0 Å². The summed E-state index contributed by atoms with van der Waals surface area (Å²) in [7, 11) is 0. The molecule has 6 nitrogen and oxygen atoms in total. The van der Waals surface area contributed by atoms with Crippen molar-refractivity contribution < 1.29 is 9.18 Å². The van der Waals surface area contributed by atoms with Gasteiger partial charge in [0.25, 0.3) is 0 Å². The smallest absolute Gasteiger partial charge is 0.246 e. The van der Waals surface area contributed by atoms with Crippen LogP contribution in [0.1, 0.15) is 11.8 Å². The molecule has 0 fully saturated rings. The maximum absolute atomic E-state index is 13.3. The summed E-state index contributed by atoms with van der Waals surface area (Å²) in [4.78, 5) is 16.5. The molecule has 0 unspecified atom stereocenters. The first-order chi connectivity index (χ1) is 11.7. The summed E-state index contributed by atoms with van der Waals surface area (Å²) < 4.78 is 13.3. The fraction of sp³-hybridized carbons (Fsp3) is 0.250. The topological polar surface area (TPSA) is 63.9 Å². The number of hydrogen-bond acceptors (Lipinski definition) is 5. The van der Waals surface area contributed by atoms with Crippen LogP contribution in [0.3, 0.4) is 0 Å². The van der Waals surface area contributed by atoms with Gasteiger partial charge < -0.3 is 4.90 Å². The molecule has 0 atom stereocenters. The number of tetrazole rings is 1. The van der Waals surface area contributed by atoms with Gasteiger partial charge in [0.2, 0.25) is 11.7 Å². The molecule has 1 aromatic carbocycles. The van der Waals surface area contributed by atoms with Crippen molar-refractivity contribution in [1.82, 2.24) is 25.1 Å². The van der Waals surface area contributed by atoms with Gasteiger partial charge in [0.15, 0.2) is 0 Å². The summed E-state index contributed by atoms with van der Waals surface area (Å²) in [5.74, 6) is -0.161. The fourth-order valence-corrected chi connectivity index (χ4v) is 2.96. The molecular formula is C16H16FN5OS. The Balaban J connectivity index is 1.68. The van der Waals surface area contributed by atoms with Crippen LogP contribution in [-0.2, 0) is 17.9 Å². The number of nitrogens with zero attached hydrogens (tertiary/aromatic N) is 5. The lowest BCUT2D eigenvalue weighted by atomic mass is 10.2. The van der Waals surface area contributed by atoms with Crippen molar-refractivity contribution in [2.24, 2.45) is 0 Å². The molecule has 0 spiro atoms. The van der Waals surface area contributed by atoms with Gasteiger partial charge in [-0.05, 0) is 35.7 Å². The van der Waals surface area contributed by atoms with E-state index in [1.54, 1.807) is 28.4 Å². The van der Waals surface area contributed by atoms with Crippen LogP contribution in [0.15, 0.2) is 41.8 Å². The third kappa shape index (κ3) is 3.83. The zero-order valence-electron chi connectivity index (χ0n) is 13.1. The van der Waals surface area contributed by atoms with Crippen LogP contribution >= 0.6 is 11.3 Å². The van der Waals surface area contributed by atoms with E-state index in [9.17, 15) is 9.18 Å². The van der Waals surface area contributed by atoms with E-state index in [0.29, 0.717) is 24.5 Å². The Labute approximate surface area is 142 Å². The van der Waals surface area contributed by atoms with E-state index >= 15 is 0 Å². The predicted molar refractivity (Wildman–Crippen MR) is 88.6 cm³/mol. The third-order valence-electron chi connectivity index (χ3n) is 3.47. The molecule has 0 aliphatic rings. The maximum Gasteiger partial charge on any atom is 0.246 e. The number of carbonyl (C=O) groups is 1. The summed E-state index contributed by atoms with van der Waals surface area (Å²) in [6.45, 7) is 3.10. The minimum Gasteiger partial charge on any atom is -0.336 e. The van der Waals surface area contributed by atoms with Gasteiger partial charge in [-0.1, -0.05) is 18.2 Å². The molecule has 24 heavy (non-hydrogen) atoms. The maximum atomic E-state index is 13.3. The Kier molecular flexibility index (Phi) is 4.95. The number of rotatable bonds is 6. The minimum atomic E-state index is -0.368. The molecule has 2 heterocycles. The largest absolute Gasteiger partial charge is 0.336 e. The van der Waals surface area contributed by atoms with Crippen LogP contribution in [0.25, 0.3) is 11.4 Å². The SMILES string of the molecule is CCN(Cc1cccs1)C(=O)Cn1nnc(-c2cccc(F)c2)n1. The minimum absolute atomic E-state index is 0.00152. The zero-order chi connectivity index (χ0) is 16.9. The molecule has 0 bridgehead atoms. The quantitative estimate of drug-likeness (QED) is 0.689. The highest BCUT2D eigenvalue weighted by Crippen LogP contribution is 2.15. The van der Waals surface area contributed by atoms with E-state index in [1.807, 2.05) is 24.4 Å². The van der Waals surface area contributed by atoms with Crippen molar-refractivity contribution in [3.05, 3.63) is 52.5 Å². The molecule has 0 aliphatic heterocycles. The molecular weight excluding hydrogens is 329 g/mol. The van der Waals surface area contributed by atoms with Crippen molar-refractivity contribution in [3.63, 3.8) is 0 Å². The lowest BCUT2D eigenvalue weighted by molar-refractivity contribution is -0.132. The van der Waals surface area contributed by atoms with Crippen molar-refractivity contribution in [1.29, 1.82) is 0 Å². The monoisotopic (exact) mass is 345 g/mol. The fourth-order valence-electron chi connectivity index (χ4n) is 2.24. The van der Waals surface area contributed by atoms with Gasteiger partial charge in [0, 0.05) is 17.0 Å². The van der Waals surface area contributed by atoms with E-state index in [0.717, 1.165) is 4.88 Å². The van der Waals surface area contributed by atoms with Crippen molar-refractivity contribution in [2.75, 3.05) is 6.54 Å². The van der Waals surface area contributed by atoms with Gasteiger partial charge in [0.1, 0.15) is 12.4 Å². The number of likely N-dealkylation sites (N-methyl/N-ethyl adjacent to an activating group) is 1. The summed E-state index contributed by atoms with van der Waals surface area (Å²) in [5, 5.41) is 13.9. The molecule has 0 radical (unpaired) electrons. The molecule has 8 heteroatoms. The lowest BCUT2D eigenvalue weighted by Crippen LogP contribution is -2.33. The Morgan fingerprint density at radius 1 is 1.33 bits per heavy atom. The highest BCUT2D eigenvalue weighted by atomic mass is 32.1. The Morgan fingerprint density at radius 2 is 2.21 bits per heavy atom. The highest BCUT2D eigenvalue weighted by Gasteiger charge is 2.15. The number of hydrogen-bond donors (Lipinski definition) is 0. The molecule has 0 saturated heterocycles. The highest BCUT2D eigenvalue weighted by molar-refractivity contribution is 7.09. The van der Waals surface area contributed by atoms with Gasteiger partial charge in [0.05, 0.1) is 6.54 Å². The summed E-state index contributed by atoms with van der Waals surface area (Å²) in [5.41, 5.74) is 0.527. The van der Waals surface area contributed by atoms with E-state index in [4.69, 9.17) is 0 Å². The Morgan fingerprint density at radius 3 is 2.92 bits per heavy atom. The van der Waals surface area contributed by atoms with Gasteiger partial charge in [-0.2, -0.15) is 4.80 Å². The first kappa shape index (κ1) is 16.3. The van der Waals surface area contributed by atoms with Gasteiger partial charge in [-0.3, -0.25) is 4.79 Å². The second kappa shape index (κ2) is 7.31. The molecule has 3 aromatic rings. The Bertz CT molecular complexity index is 818. The molecule has 3 rings (SSSR count). The average Bonchev–Trinajstić information content (AvgIpc) is 3.24. The van der Waals surface area contributed by atoms with Crippen LogP contribution in [0, 0.1) is 5.82 Å². The molecule has 1 amide bonds. The zero-order valence-corrected chi connectivity index (χ0v) is 13.9. The van der Waals surface area contributed by atoms with Gasteiger partial charge >= 0.3 is 0 Å². The van der Waals surface area contributed by atoms with Crippen molar-refractivity contribution in [3.8, 4) is 11.4 Å². The van der Waals surface area contributed by atoms with Gasteiger partial charge in [-0.25, -0.2) is 4.39 Å². The molecule has 124 valence electrons. The third-order valence-corrected chi connectivity index (χ3v) is 4.33. The second-order valence-corrected chi connectivity index (χ2v) is 6.17. The van der Waals surface area contributed by atoms with E-state index < -0.39 is 0 Å². The molecule has 0 saturated carbocycles. The molecule has 2 aromatic heterocycles. The number of benzene rings is 1. The number of amides is 1. The van der Waals surface area contributed by atoms with Crippen molar-refractivity contribution >= 4 is 17.2 Å². The molecule has 0 aliphatic carbocycles. The number of thiophene rings is 1. The summed E-state index contributed by atoms with van der Waals surface area (Å²) >= 11 is 1.61. The number of carbonyl (C=O) groups excluding carboxylic acids is 1. The van der Waals surface area contributed by atoms with E-state index in [2.05, 4.69) is 15.4 Å². The standard InChI is InChI=1S/C16H16FN5OS/c1-2-21(10-14-7-4-8-24-14)15(23)11-22-19-16(18-20-22)12-5-3-6-13(17)9-12/h3-9H,2,10-11H2,1H3. The van der Waals surface area contributed by atoms with Crippen LogP contribution in [0.4, 0.5) is 4.39 Å². The van der Waals surface area contributed by atoms with Crippen LogP contribution in [-0.4, -0.2) is 37.6 Å². The number of aromatic nitrogens is 4. The number of halogens is 1. The summed E-state index contributed by atoms with van der Waals surface area (Å²) in [6.07, 6.45) is 0. The average molecular weight is 345 g/mol. The van der Waals surface area contributed by atoms with Crippen LogP contribution in [0.2, 0.25) is 0 Å². The first-order valence-electron chi connectivity index (χ1n) is 7.49. The first-order valence-corrected chi connectivity index (χ1v) is 8.37. The van der Waals surface area contributed by atoms with Gasteiger partial charge in [-0.15, -0.1) is 21.5 Å². The normalized spacial score (nSPS) is 10.8. The molecule has 0 N–H and O–H groups in total. The lowest BCUT2D eigenvalue weighted by Gasteiger charge is -2.19. The second-order valence-electron chi connectivity index (χ2n) is 5.14. The summed E-state index contributed by atoms with van der Waals surface area (Å²) in [6, 6.07) is 9.91. The predicted octanol–water partition coefficient (Wildman–Crippen LogP) is 2.59.